The molecule has 1 heterocycles. The summed E-state index contributed by atoms with van der Waals surface area (Å²) >= 11 is 0. The fraction of sp³-hybridized carbons (Fsp3) is 0.267. The first-order chi connectivity index (χ1) is 11.1. The van der Waals surface area contributed by atoms with Crippen molar-refractivity contribution < 1.29 is 22.6 Å². The molecule has 0 atom stereocenters. The van der Waals surface area contributed by atoms with Crippen molar-refractivity contribution in [3.8, 4) is 0 Å². The average molecular weight is 340 g/mol. The van der Waals surface area contributed by atoms with Gasteiger partial charge in [0.1, 0.15) is 5.82 Å². The van der Waals surface area contributed by atoms with E-state index in [1.807, 2.05) is 0 Å². The van der Waals surface area contributed by atoms with Crippen LogP contribution >= 0.6 is 7.82 Å². The van der Waals surface area contributed by atoms with Gasteiger partial charge in [-0.05, 0) is 50.2 Å². The van der Waals surface area contributed by atoms with Crippen LogP contribution < -0.4 is 5.06 Å². The van der Waals surface area contributed by atoms with Gasteiger partial charge < -0.3 is 0 Å². The molecule has 0 aliphatic carbocycles. The van der Waals surface area contributed by atoms with Gasteiger partial charge in [-0.2, -0.15) is 9.69 Å². The summed E-state index contributed by atoms with van der Waals surface area (Å²) < 4.78 is 41.5. The molecule has 6 nitrogen and oxygen atoms in total. The third-order valence-corrected chi connectivity index (χ3v) is 4.19. The van der Waals surface area contributed by atoms with Gasteiger partial charge in [-0.15, -0.1) is 0 Å². The van der Waals surface area contributed by atoms with Gasteiger partial charge in [0.05, 0.1) is 18.9 Å². The Labute approximate surface area is 134 Å². The van der Waals surface area contributed by atoms with E-state index in [4.69, 9.17) is 13.7 Å². The molecular weight excluding hydrogens is 322 g/mol. The van der Waals surface area contributed by atoms with Gasteiger partial charge in [0, 0.05) is 6.20 Å². The van der Waals surface area contributed by atoms with Crippen molar-refractivity contribution in [3.63, 3.8) is 0 Å². The minimum Gasteiger partial charge on any atom is -0.286 e. The van der Waals surface area contributed by atoms with Crippen molar-refractivity contribution >= 4 is 19.3 Å². The monoisotopic (exact) mass is 340 g/mol. The molecule has 0 fully saturated rings. The Morgan fingerprint density at radius 2 is 1.74 bits per heavy atom. The van der Waals surface area contributed by atoms with E-state index in [1.165, 1.54) is 29.3 Å². The Balaban J connectivity index is 2.37. The summed E-state index contributed by atoms with van der Waals surface area (Å²) in [4.78, 5) is 4.16. The molecule has 0 spiro atoms. The van der Waals surface area contributed by atoms with Crippen LogP contribution in [0.25, 0.3) is 0 Å². The minimum atomic E-state index is -3.83. The normalized spacial score (nSPS) is 11.4. The lowest BCUT2D eigenvalue weighted by atomic mass is 10.3. The Morgan fingerprint density at radius 1 is 1.09 bits per heavy atom. The Morgan fingerprint density at radius 3 is 2.26 bits per heavy atom. The van der Waals surface area contributed by atoms with Crippen LogP contribution in [0, 0.1) is 5.82 Å². The summed E-state index contributed by atoms with van der Waals surface area (Å²) in [5.74, 6) is -0.0359. The molecule has 8 heteroatoms. The molecule has 2 aromatic rings. The number of rotatable bonds is 8. The molecular formula is C15H18FN2O4P. The van der Waals surface area contributed by atoms with Crippen molar-refractivity contribution in [3.05, 3.63) is 54.5 Å². The number of benzene rings is 1. The lowest BCUT2D eigenvalue weighted by Crippen LogP contribution is -2.19. The second-order valence-electron chi connectivity index (χ2n) is 4.32. The number of hydrogen-bond acceptors (Lipinski definition) is 6. The lowest BCUT2D eigenvalue weighted by Gasteiger charge is -2.26. The summed E-state index contributed by atoms with van der Waals surface area (Å²) in [5, 5.41) is 1.20. The molecule has 0 bridgehead atoms. The zero-order valence-corrected chi connectivity index (χ0v) is 13.8. The molecule has 0 amide bonds. The van der Waals surface area contributed by atoms with Crippen molar-refractivity contribution in [2.45, 2.75) is 13.8 Å². The van der Waals surface area contributed by atoms with Gasteiger partial charge >= 0.3 is 7.82 Å². The van der Waals surface area contributed by atoms with Crippen LogP contribution in [0.1, 0.15) is 13.8 Å². The quantitative estimate of drug-likeness (QED) is 0.522. The van der Waals surface area contributed by atoms with Crippen molar-refractivity contribution in [2.24, 2.45) is 0 Å². The molecule has 0 saturated heterocycles. The average Bonchev–Trinajstić information content (AvgIpc) is 2.55. The molecule has 0 radical (unpaired) electrons. The van der Waals surface area contributed by atoms with Crippen LogP contribution in [0.4, 0.5) is 15.9 Å². The Hall–Kier alpha value is -1.79. The van der Waals surface area contributed by atoms with Crippen LogP contribution in [0.3, 0.4) is 0 Å². The van der Waals surface area contributed by atoms with Crippen molar-refractivity contribution in [2.75, 3.05) is 18.3 Å². The molecule has 1 aromatic carbocycles. The largest absolute Gasteiger partial charge is 0.496 e. The molecule has 124 valence electrons. The lowest BCUT2D eigenvalue weighted by molar-refractivity contribution is 0.121. The first-order valence-corrected chi connectivity index (χ1v) is 8.59. The molecule has 1 aromatic heterocycles. The number of pyridine rings is 1. The summed E-state index contributed by atoms with van der Waals surface area (Å²) in [6.07, 6.45) is 1.56. The summed E-state index contributed by atoms with van der Waals surface area (Å²) in [6.45, 7) is 3.66. The minimum absolute atomic E-state index is 0.150. The van der Waals surface area contributed by atoms with Crippen LogP contribution in [-0.2, 0) is 18.2 Å². The second-order valence-corrected chi connectivity index (χ2v) is 5.90. The van der Waals surface area contributed by atoms with Crippen molar-refractivity contribution in [1.82, 2.24) is 4.98 Å². The molecule has 0 unspecified atom stereocenters. The maximum atomic E-state index is 13.2. The zero-order valence-electron chi connectivity index (χ0n) is 12.9. The summed E-state index contributed by atoms with van der Waals surface area (Å²) in [6, 6.07) is 10.6. The molecule has 0 aliphatic rings. The zero-order chi connectivity index (χ0) is 16.7. The SMILES string of the molecule is CCOP(=O)(OCC)ON(c1ccc(F)cc1)c1ccccn1. The van der Waals surface area contributed by atoms with E-state index in [0.717, 1.165) is 0 Å². The summed E-state index contributed by atoms with van der Waals surface area (Å²) in [5.41, 5.74) is 0.435. The van der Waals surface area contributed by atoms with E-state index in [2.05, 4.69) is 4.98 Å². The van der Waals surface area contributed by atoms with Gasteiger partial charge in [0.15, 0.2) is 5.82 Å². The highest BCUT2D eigenvalue weighted by Gasteiger charge is 2.31. The first kappa shape index (κ1) is 17.6. The maximum Gasteiger partial charge on any atom is 0.496 e. The topological polar surface area (TPSA) is 60.9 Å². The predicted molar refractivity (Wildman–Crippen MR) is 84.7 cm³/mol. The van der Waals surface area contributed by atoms with Crippen LogP contribution in [0.15, 0.2) is 48.7 Å². The van der Waals surface area contributed by atoms with E-state index < -0.39 is 13.6 Å². The number of halogens is 1. The highest BCUT2D eigenvalue weighted by Crippen LogP contribution is 2.52. The third-order valence-electron chi connectivity index (χ3n) is 2.67. The van der Waals surface area contributed by atoms with Gasteiger partial charge in [-0.3, -0.25) is 9.05 Å². The van der Waals surface area contributed by atoms with Crippen molar-refractivity contribution in [1.29, 1.82) is 0 Å². The van der Waals surface area contributed by atoms with E-state index in [9.17, 15) is 8.96 Å². The maximum absolute atomic E-state index is 13.2. The Bertz CT molecular complexity index is 644. The Kier molecular flexibility index (Phi) is 6.24. The number of nitrogens with zero attached hydrogens (tertiary/aromatic N) is 2. The molecule has 2 rings (SSSR count). The second kappa shape index (κ2) is 8.17. The molecule has 0 saturated carbocycles. The predicted octanol–water partition coefficient (Wildman–Crippen LogP) is 4.47. The number of anilines is 2. The molecule has 0 aliphatic heterocycles. The molecule has 0 N–H and O–H groups in total. The van der Waals surface area contributed by atoms with E-state index >= 15 is 0 Å². The van der Waals surface area contributed by atoms with E-state index in [0.29, 0.717) is 11.5 Å². The highest BCUT2D eigenvalue weighted by molar-refractivity contribution is 7.48. The summed E-state index contributed by atoms with van der Waals surface area (Å²) in [7, 11) is -3.83. The van der Waals surface area contributed by atoms with E-state index in [-0.39, 0.29) is 13.2 Å². The van der Waals surface area contributed by atoms with Crippen LogP contribution in [0.2, 0.25) is 0 Å². The van der Waals surface area contributed by atoms with E-state index in [1.54, 1.807) is 38.2 Å². The third kappa shape index (κ3) is 4.84. The first-order valence-electron chi connectivity index (χ1n) is 7.13. The fourth-order valence-corrected chi connectivity index (χ4v) is 2.95. The van der Waals surface area contributed by atoms with Crippen LogP contribution in [-0.4, -0.2) is 18.2 Å². The van der Waals surface area contributed by atoms with Gasteiger partial charge in [0.25, 0.3) is 0 Å². The smallest absolute Gasteiger partial charge is 0.286 e. The number of aromatic nitrogens is 1. The van der Waals surface area contributed by atoms with Crippen LogP contribution in [0.5, 0.6) is 0 Å². The fourth-order valence-electron chi connectivity index (χ4n) is 1.77. The number of phosphoric ester groups is 1. The van der Waals surface area contributed by atoms with Gasteiger partial charge in [0.2, 0.25) is 0 Å². The van der Waals surface area contributed by atoms with Gasteiger partial charge in [-0.25, -0.2) is 13.9 Å². The number of hydrogen-bond donors (Lipinski definition) is 0. The number of phosphoric acid groups is 1. The van der Waals surface area contributed by atoms with Gasteiger partial charge in [-0.1, -0.05) is 6.07 Å². The standard InChI is InChI=1S/C15H18FN2O4P/c1-3-20-23(19,21-4-2)22-18(15-7-5-6-12-17-15)14-10-8-13(16)9-11-14/h5-12H,3-4H2,1-2H3. The molecule has 23 heavy (non-hydrogen) atoms. The highest BCUT2D eigenvalue weighted by atomic mass is 31.2.